The van der Waals surface area contributed by atoms with Crippen molar-refractivity contribution in [1.29, 1.82) is 0 Å². The van der Waals surface area contributed by atoms with Crippen LogP contribution >= 0.6 is 0 Å². The Morgan fingerprint density at radius 1 is 1.03 bits per heavy atom. The number of nitrogens with one attached hydrogen (secondary N) is 1. The van der Waals surface area contributed by atoms with Gasteiger partial charge in [0.05, 0.1) is 5.56 Å². The highest BCUT2D eigenvalue weighted by atomic mass is 35.5. The van der Waals surface area contributed by atoms with Crippen molar-refractivity contribution in [1.82, 2.24) is 4.72 Å². The number of ketones is 1. The van der Waals surface area contributed by atoms with Gasteiger partial charge in [-0.1, -0.05) is 24.6 Å². The summed E-state index contributed by atoms with van der Waals surface area (Å²) in [4.78, 5) is 22.9. The zero-order chi connectivity index (χ0) is 26.7. The van der Waals surface area contributed by atoms with E-state index in [0.717, 1.165) is 0 Å². The quantitative estimate of drug-likeness (QED) is 0.117. The number of carboxylic acids is 1. The molecule has 200 valence electrons. The first kappa shape index (κ1) is 28.8. The summed E-state index contributed by atoms with van der Waals surface area (Å²) < 4.78 is 35.5. The Labute approximate surface area is 226 Å². The van der Waals surface area contributed by atoms with Crippen molar-refractivity contribution in [3.63, 3.8) is 0 Å². The number of hydrogen-bond acceptors (Lipinski definition) is 6. The molecule has 0 bridgehead atoms. The van der Waals surface area contributed by atoms with Crippen LogP contribution in [0.2, 0.25) is 0 Å². The van der Waals surface area contributed by atoms with Crippen LogP contribution in [0.15, 0.2) is 63.9 Å². The topological polar surface area (TPSA) is 165 Å². The summed E-state index contributed by atoms with van der Waals surface area (Å²) in [5.41, 5.74) is 8.00. The van der Waals surface area contributed by atoms with Crippen LogP contribution in [0.4, 0.5) is 5.69 Å². The van der Waals surface area contributed by atoms with Gasteiger partial charge in [0.25, 0.3) is 10.0 Å². The maximum absolute atomic E-state index is 13.4. The van der Waals surface area contributed by atoms with Crippen molar-refractivity contribution in [3.05, 3.63) is 65.5 Å². The normalized spacial score (nSPS) is 11.4. The molecule has 1 aliphatic carbocycles. The number of anilines is 1. The van der Waals surface area contributed by atoms with Gasteiger partial charge in [-0.3, -0.25) is 5.41 Å². The summed E-state index contributed by atoms with van der Waals surface area (Å²) in [5.74, 6) is -1.03. The largest absolute Gasteiger partial charge is 1.00 e. The van der Waals surface area contributed by atoms with Crippen LogP contribution in [-0.2, 0) is 14.8 Å². The molecule has 6 N–H and O–H groups in total. The zero-order valence-electron chi connectivity index (χ0n) is 20.7. The Kier molecular flexibility index (Phi) is 8.93. The second kappa shape index (κ2) is 11.8. The van der Waals surface area contributed by atoms with E-state index in [-0.39, 0.29) is 51.9 Å². The smallest absolute Gasteiger partial charge is 0.336 e. The van der Waals surface area contributed by atoms with Crippen LogP contribution in [-0.4, -0.2) is 31.8 Å². The molecule has 11 heteroatoms. The number of benzene rings is 3. The molecule has 1 aliphatic heterocycles. The molecule has 0 radical (unpaired) electrons. The van der Waals surface area contributed by atoms with Crippen LogP contribution in [0.1, 0.15) is 43.0 Å². The van der Waals surface area contributed by atoms with E-state index in [9.17, 15) is 23.1 Å². The number of unbranched alkanes of at least 4 members (excludes halogenated alkanes) is 2. The van der Waals surface area contributed by atoms with E-state index in [1.807, 2.05) is 0 Å². The number of nitrogen functional groups attached to an aromatic ring is 1. The number of halogens is 1. The number of sulfonamides is 1. The molecular weight excluding hydrogens is 530 g/mol. The van der Waals surface area contributed by atoms with Crippen LogP contribution in [0.3, 0.4) is 0 Å². The van der Waals surface area contributed by atoms with Gasteiger partial charge >= 0.3 is 5.97 Å². The highest BCUT2D eigenvalue weighted by Gasteiger charge is 2.31. The van der Waals surface area contributed by atoms with Gasteiger partial charge in [0.15, 0.2) is 10.7 Å². The Morgan fingerprint density at radius 2 is 1.76 bits per heavy atom. The molecule has 0 aromatic heterocycles. The second-order valence-corrected chi connectivity index (χ2v) is 10.6. The average Bonchev–Trinajstić information content (AvgIpc) is 2.84. The predicted molar refractivity (Wildman–Crippen MR) is 139 cm³/mol. The summed E-state index contributed by atoms with van der Waals surface area (Å²) >= 11 is 0. The van der Waals surface area contributed by atoms with Gasteiger partial charge in [-0.05, 0) is 49.6 Å². The predicted octanol–water partition coefficient (Wildman–Crippen LogP) is -0.423. The number of rotatable bonds is 10. The average molecular weight is 558 g/mol. The number of fused-ring (bicyclic) bond motifs is 2. The standard InChI is InChI=1S/C27H27N3O6S.ClH/c1-16(31)7-3-2-6-14-30-37(34,35)26-22(29)13-12-21-24(18-8-4-5-9-19(18)27(32)33)20-11-10-17(28)15-23(20)36-25(21)26;/h4-5,8-13,15,29-30H,2-3,6-7,14,28H2,1H3,(H,32,33);1H. The van der Waals surface area contributed by atoms with Crippen LogP contribution in [0.5, 0.6) is 0 Å². The highest BCUT2D eigenvalue weighted by Crippen LogP contribution is 2.43. The van der Waals surface area contributed by atoms with Crippen LogP contribution < -0.4 is 33.6 Å². The van der Waals surface area contributed by atoms with E-state index in [0.29, 0.717) is 53.4 Å². The molecular formula is C27H28ClN3O6S. The molecule has 0 saturated heterocycles. The zero-order valence-corrected chi connectivity index (χ0v) is 22.2. The number of aromatic carboxylic acids is 1. The van der Waals surface area contributed by atoms with Crippen molar-refractivity contribution in [2.75, 3.05) is 12.3 Å². The molecule has 0 atom stereocenters. The molecule has 2 aromatic carbocycles. The Balaban J connectivity index is 0.00000400. The summed E-state index contributed by atoms with van der Waals surface area (Å²) in [6.45, 7) is 1.68. The third-order valence-electron chi connectivity index (χ3n) is 6.09. The van der Waals surface area contributed by atoms with E-state index < -0.39 is 16.0 Å². The first-order valence-corrected chi connectivity index (χ1v) is 13.3. The van der Waals surface area contributed by atoms with Gasteiger partial charge in [0.1, 0.15) is 11.4 Å². The lowest BCUT2D eigenvalue weighted by Gasteiger charge is -2.18. The van der Waals surface area contributed by atoms with E-state index in [4.69, 9.17) is 15.6 Å². The first-order valence-electron chi connectivity index (χ1n) is 11.8. The summed E-state index contributed by atoms with van der Waals surface area (Å²) in [7, 11) is -4.11. The van der Waals surface area contributed by atoms with Gasteiger partial charge in [-0.2, -0.15) is 0 Å². The maximum atomic E-state index is 13.4. The van der Waals surface area contributed by atoms with Crippen molar-refractivity contribution in [3.8, 4) is 22.5 Å². The van der Waals surface area contributed by atoms with E-state index in [1.54, 1.807) is 42.5 Å². The molecule has 0 spiro atoms. The molecule has 0 fully saturated rings. The minimum Gasteiger partial charge on any atom is -1.00 e. The molecule has 2 aliphatic rings. The molecule has 0 unspecified atom stereocenters. The number of carbonyl (C=O) groups excluding carboxylic acids is 1. The molecule has 2 aromatic rings. The van der Waals surface area contributed by atoms with Crippen molar-refractivity contribution >= 4 is 38.4 Å². The van der Waals surface area contributed by atoms with Gasteiger partial charge in [-0.15, -0.1) is 0 Å². The summed E-state index contributed by atoms with van der Waals surface area (Å²) in [5, 5.41) is 16.6. The van der Waals surface area contributed by atoms with Gasteiger partial charge < -0.3 is 32.5 Å². The monoisotopic (exact) mass is 557 g/mol. The fourth-order valence-electron chi connectivity index (χ4n) is 4.37. The Hall–Kier alpha value is -3.73. The second-order valence-electron chi connectivity index (χ2n) is 8.85. The van der Waals surface area contributed by atoms with Gasteiger partial charge in [0.2, 0.25) is 5.36 Å². The molecule has 1 heterocycles. The first-order chi connectivity index (χ1) is 17.6. The third kappa shape index (κ3) is 5.88. The molecule has 0 saturated carbocycles. The van der Waals surface area contributed by atoms with Crippen molar-refractivity contribution < 1.29 is 45.3 Å². The molecule has 0 amide bonds. The lowest BCUT2D eigenvalue weighted by Crippen LogP contribution is -3.00. The van der Waals surface area contributed by atoms with E-state index in [1.165, 1.54) is 19.1 Å². The van der Waals surface area contributed by atoms with E-state index >= 15 is 0 Å². The number of hydrogen-bond donors (Lipinski definition) is 4. The maximum Gasteiger partial charge on any atom is 0.336 e. The fourth-order valence-corrected chi connectivity index (χ4v) is 5.70. The molecule has 4 rings (SSSR count). The van der Waals surface area contributed by atoms with Crippen LogP contribution in [0.25, 0.3) is 33.4 Å². The van der Waals surface area contributed by atoms with Gasteiger partial charge in [0, 0.05) is 47.3 Å². The Bertz CT molecular complexity index is 1650. The summed E-state index contributed by atoms with van der Waals surface area (Å²) in [6, 6.07) is 14.5. The fraction of sp³-hybridized carbons (Fsp3) is 0.222. The minimum absolute atomic E-state index is 0. The number of nitrogens with two attached hydrogens (primary N) is 2. The highest BCUT2D eigenvalue weighted by molar-refractivity contribution is 7.89. The molecule has 9 nitrogen and oxygen atoms in total. The lowest BCUT2D eigenvalue weighted by atomic mass is 9.90. The number of Topliss-reactive ketones (excluding diaryl/α,β-unsaturated/α-hetero) is 1. The van der Waals surface area contributed by atoms with Crippen LogP contribution in [0, 0.1) is 0 Å². The summed E-state index contributed by atoms with van der Waals surface area (Å²) in [6.07, 6.45) is 2.38. The number of carbonyl (C=O) groups is 2. The lowest BCUT2D eigenvalue weighted by molar-refractivity contribution is -0.176. The molecule has 38 heavy (non-hydrogen) atoms. The minimum atomic E-state index is -4.11. The SMILES string of the molecule is CC(=O)CCCCCNS(=O)(=O)c1c2oc3cc(N)ccc3c(-c3ccccc3C(=O)O)c-2ccc1=[NH2+].[Cl-]. The van der Waals surface area contributed by atoms with Gasteiger partial charge in [-0.25, -0.2) is 17.9 Å². The van der Waals surface area contributed by atoms with Crippen molar-refractivity contribution in [2.24, 2.45) is 0 Å². The number of carboxylic acid groups (broad SMARTS) is 1. The third-order valence-corrected chi connectivity index (χ3v) is 7.63. The van der Waals surface area contributed by atoms with Crippen molar-refractivity contribution in [2.45, 2.75) is 37.5 Å². The van der Waals surface area contributed by atoms with E-state index in [2.05, 4.69) is 4.72 Å². The Morgan fingerprint density at radius 3 is 2.47 bits per heavy atom.